The van der Waals surface area contributed by atoms with Gasteiger partial charge in [-0.25, -0.2) is 4.98 Å². The standard InChI is InChI=1S/C10H14N4OS/c1-14(2)8(15)6-13-10-7(9(11)16)4-3-5-12-10/h3-5H,6H2,1-2H3,(H2,11,16)(H,12,13). The van der Waals surface area contributed by atoms with Gasteiger partial charge < -0.3 is 16.0 Å². The molecule has 0 aromatic carbocycles. The lowest BCUT2D eigenvalue weighted by Gasteiger charge is -2.12. The van der Waals surface area contributed by atoms with Crippen molar-refractivity contribution < 1.29 is 4.79 Å². The number of likely N-dealkylation sites (N-methyl/N-ethyl adjacent to an activating group) is 1. The summed E-state index contributed by atoms with van der Waals surface area (Å²) >= 11 is 4.88. The molecule has 0 aliphatic heterocycles. The highest BCUT2D eigenvalue weighted by molar-refractivity contribution is 7.80. The van der Waals surface area contributed by atoms with Crippen molar-refractivity contribution in [3.63, 3.8) is 0 Å². The van der Waals surface area contributed by atoms with Crippen LogP contribution in [0.1, 0.15) is 5.56 Å². The number of amides is 1. The number of thiocarbonyl (C=S) groups is 1. The predicted molar refractivity (Wildman–Crippen MR) is 67.3 cm³/mol. The highest BCUT2D eigenvalue weighted by atomic mass is 32.1. The number of nitrogens with two attached hydrogens (primary N) is 1. The lowest BCUT2D eigenvalue weighted by molar-refractivity contribution is -0.126. The topological polar surface area (TPSA) is 71.2 Å². The Kier molecular flexibility index (Phi) is 4.19. The highest BCUT2D eigenvalue weighted by Gasteiger charge is 2.08. The number of nitrogens with zero attached hydrogens (tertiary/aromatic N) is 2. The quantitative estimate of drug-likeness (QED) is 0.734. The number of hydrogen-bond acceptors (Lipinski definition) is 4. The van der Waals surface area contributed by atoms with Gasteiger partial charge in [0.15, 0.2) is 0 Å². The number of aromatic nitrogens is 1. The zero-order chi connectivity index (χ0) is 12.1. The molecule has 6 heteroatoms. The van der Waals surface area contributed by atoms with Crippen molar-refractivity contribution in [2.24, 2.45) is 5.73 Å². The first-order valence-electron chi connectivity index (χ1n) is 4.71. The average molecular weight is 238 g/mol. The first-order valence-corrected chi connectivity index (χ1v) is 5.12. The van der Waals surface area contributed by atoms with Crippen LogP contribution in [0.3, 0.4) is 0 Å². The lowest BCUT2D eigenvalue weighted by Crippen LogP contribution is -2.29. The fourth-order valence-corrected chi connectivity index (χ4v) is 1.23. The molecule has 0 fully saturated rings. The molecular formula is C10H14N4OS. The second-order valence-corrected chi connectivity index (χ2v) is 3.85. The lowest BCUT2D eigenvalue weighted by atomic mass is 10.2. The SMILES string of the molecule is CN(C)C(=O)CNc1ncccc1C(N)=S. The van der Waals surface area contributed by atoms with Crippen LogP contribution in [0.5, 0.6) is 0 Å². The van der Waals surface area contributed by atoms with Crippen LogP contribution in [0, 0.1) is 0 Å². The molecule has 0 unspecified atom stereocenters. The van der Waals surface area contributed by atoms with Crippen LogP contribution < -0.4 is 11.1 Å². The van der Waals surface area contributed by atoms with Gasteiger partial charge in [-0.05, 0) is 12.1 Å². The summed E-state index contributed by atoms with van der Waals surface area (Å²) in [7, 11) is 3.38. The van der Waals surface area contributed by atoms with E-state index in [2.05, 4.69) is 10.3 Å². The number of rotatable bonds is 4. The highest BCUT2D eigenvalue weighted by Crippen LogP contribution is 2.10. The largest absolute Gasteiger partial charge is 0.389 e. The molecule has 0 spiro atoms. The van der Waals surface area contributed by atoms with Gasteiger partial charge in [-0.1, -0.05) is 12.2 Å². The normalized spacial score (nSPS) is 9.62. The summed E-state index contributed by atoms with van der Waals surface area (Å²) in [5.41, 5.74) is 6.18. The van der Waals surface area contributed by atoms with Gasteiger partial charge in [0.05, 0.1) is 12.1 Å². The van der Waals surface area contributed by atoms with Crippen molar-refractivity contribution in [2.45, 2.75) is 0 Å². The minimum Gasteiger partial charge on any atom is -0.389 e. The molecule has 1 rings (SSSR count). The van der Waals surface area contributed by atoms with Crippen molar-refractivity contribution in [3.8, 4) is 0 Å². The summed E-state index contributed by atoms with van der Waals surface area (Å²) in [6, 6.07) is 3.51. The van der Waals surface area contributed by atoms with Crippen LogP contribution in [0.25, 0.3) is 0 Å². The smallest absolute Gasteiger partial charge is 0.241 e. The first-order chi connectivity index (χ1) is 7.52. The van der Waals surface area contributed by atoms with Gasteiger partial charge in [0.2, 0.25) is 5.91 Å². The van der Waals surface area contributed by atoms with E-state index in [-0.39, 0.29) is 17.4 Å². The summed E-state index contributed by atoms with van der Waals surface area (Å²) in [6.45, 7) is 0.166. The summed E-state index contributed by atoms with van der Waals surface area (Å²) in [5, 5.41) is 2.91. The van der Waals surface area contributed by atoms with E-state index in [1.807, 2.05) is 0 Å². The van der Waals surface area contributed by atoms with E-state index < -0.39 is 0 Å². The van der Waals surface area contributed by atoms with Gasteiger partial charge in [-0.15, -0.1) is 0 Å². The number of carbonyl (C=O) groups excluding carboxylic acids is 1. The summed E-state index contributed by atoms with van der Waals surface area (Å²) in [5.74, 6) is 0.491. The number of anilines is 1. The van der Waals surface area contributed by atoms with Gasteiger partial charge in [-0.3, -0.25) is 4.79 Å². The van der Waals surface area contributed by atoms with Crippen molar-refractivity contribution >= 4 is 28.9 Å². The van der Waals surface area contributed by atoms with E-state index in [0.717, 1.165) is 0 Å². The summed E-state index contributed by atoms with van der Waals surface area (Å²) in [6.07, 6.45) is 1.62. The van der Waals surface area contributed by atoms with Gasteiger partial charge in [0.1, 0.15) is 10.8 Å². The van der Waals surface area contributed by atoms with Crippen LogP contribution in [-0.2, 0) is 4.79 Å². The molecule has 3 N–H and O–H groups in total. The molecule has 1 aromatic rings. The minimum atomic E-state index is -0.0421. The zero-order valence-electron chi connectivity index (χ0n) is 9.23. The minimum absolute atomic E-state index is 0.0421. The van der Waals surface area contributed by atoms with Crippen LogP contribution >= 0.6 is 12.2 Å². The zero-order valence-corrected chi connectivity index (χ0v) is 10.0. The third-order valence-corrected chi connectivity index (χ3v) is 2.20. The Morgan fingerprint density at radius 2 is 2.31 bits per heavy atom. The maximum atomic E-state index is 11.4. The molecule has 0 aliphatic carbocycles. The number of nitrogens with one attached hydrogen (secondary N) is 1. The molecule has 0 atom stereocenters. The maximum Gasteiger partial charge on any atom is 0.241 e. The number of hydrogen-bond donors (Lipinski definition) is 2. The van der Waals surface area contributed by atoms with E-state index in [1.165, 1.54) is 4.90 Å². The van der Waals surface area contributed by atoms with E-state index >= 15 is 0 Å². The molecule has 1 aromatic heterocycles. The van der Waals surface area contributed by atoms with Crippen molar-refractivity contribution in [1.82, 2.24) is 9.88 Å². The second kappa shape index (κ2) is 5.41. The van der Waals surface area contributed by atoms with Crippen molar-refractivity contribution in [3.05, 3.63) is 23.9 Å². The molecule has 5 nitrogen and oxygen atoms in total. The Hall–Kier alpha value is -1.69. The Labute approximate surface area is 99.6 Å². The predicted octanol–water partition coefficient (Wildman–Crippen LogP) is 0.216. The maximum absolute atomic E-state index is 11.4. The monoisotopic (exact) mass is 238 g/mol. The third-order valence-electron chi connectivity index (χ3n) is 1.98. The van der Waals surface area contributed by atoms with Gasteiger partial charge in [-0.2, -0.15) is 0 Å². The van der Waals surface area contributed by atoms with Crippen LogP contribution in [-0.4, -0.2) is 41.4 Å². The molecule has 0 bridgehead atoms. The fraction of sp³-hybridized carbons (Fsp3) is 0.300. The van der Waals surface area contributed by atoms with Crippen molar-refractivity contribution in [1.29, 1.82) is 0 Å². The Balaban J connectivity index is 2.74. The molecule has 0 saturated heterocycles. The summed E-state index contributed by atoms with van der Waals surface area (Å²) in [4.78, 5) is 17.2. The Morgan fingerprint density at radius 1 is 1.62 bits per heavy atom. The molecule has 0 saturated carbocycles. The molecule has 86 valence electrons. The second-order valence-electron chi connectivity index (χ2n) is 3.41. The van der Waals surface area contributed by atoms with E-state index in [1.54, 1.807) is 32.4 Å². The number of carbonyl (C=O) groups is 1. The van der Waals surface area contributed by atoms with Crippen LogP contribution in [0.4, 0.5) is 5.82 Å². The van der Waals surface area contributed by atoms with Gasteiger partial charge in [0, 0.05) is 20.3 Å². The third kappa shape index (κ3) is 3.16. The Morgan fingerprint density at radius 3 is 2.88 bits per heavy atom. The molecule has 16 heavy (non-hydrogen) atoms. The molecule has 0 radical (unpaired) electrons. The molecule has 0 aliphatic rings. The molecule has 1 amide bonds. The Bertz CT molecular complexity index is 406. The van der Waals surface area contributed by atoms with Crippen LogP contribution in [0.15, 0.2) is 18.3 Å². The summed E-state index contributed by atoms with van der Waals surface area (Å²) < 4.78 is 0. The van der Waals surface area contributed by atoms with E-state index in [0.29, 0.717) is 11.4 Å². The molecule has 1 heterocycles. The van der Waals surface area contributed by atoms with E-state index in [4.69, 9.17) is 18.0 Å². The molecular weight excluding hydrogens is 224 g/mol. The van der Waals surface area contributed by atoms with Crippen LogP contribution in [0.2, 0.25) is 0 Å². The first kappa shape index (κ1) is 12.4. The van der Waals surface area contributed by atoms with Gasteiger partial charge in [0.25, 0.3) is 0 Å². The number of pyridine rings is 1. The van der Waals surface area contributed by atoms with Crippen molar-refractivity contribution in [2.75, 3.05) is 26.0 Å². The van der Waals surface area contributed by atoms with E-state index in [9.17, 15) is 4.79 Å². The average Bonchev–Trinajstić information content (AvgIpc) is 2.25. The van der Waals surface area contributed by atoms with Gasteiger partial charge >= 0.3 is 0 Å². The fourth-order valence-electron chi connectivity index (χ4n) is 1.06.